The second-order valence-electron chi connectivity index (χ2n) is 12.4. The van der Waals surface area contributed by atoms with Crippen molar-refractivity contribution in [1.82, 2.24) is 60.0 Å². The molecule has 4 aromatic carbocycles. The van der Waals surface area contributed by atoms with E-state index in [9.17, 15) is 0 Å². The van der Waals surface area contributed by atoms with E-state index in [4.69, 9.17) is 20.4 Å². The van der Waals surface area contributed by atoms with E-state index in [2.05, 4.69) is 95.1 Å². The number of aromatic nitrogens is 12. The Bertz CT molecular complexity index is 2240. The Balaban J connectivity index is 1.12. The molecule has 0 saturated heterocycles. The highest BCUT2D eigenvalue weighted by Gasteiger charge is 2.23. The zero-order chi connectivity index (χ0) is 35.3. The Morgan fingerprint density at radius 3 is 1.33 bits per heavy atom. The molecule has 0 aliphatic rings. The van der Waals surface area contributed by atoms with Crippen LogP contribution in [0, 0.1) is 13.8 Å². The summed E-state index contributed by atoms with van der Waals surface area (Å²) >= 11 is 0. The summed E-state index contributed by atoms with van der Waals surface area (Å²) in [5, 5.41) is 38.7. The number of aryl methyl sites for hydroxylation is 2. The van der Waals surface area contributed by atoms with E-state index in [1.54, 1.807) is 31.2 Å². The van der Waals surface area contributed by atoms with Gasteiger partial charge < -0.3 is 0 Å². The molecule has 0 fully saturated rings. The van der Waals surface area contributed by atoms with Gasteiger partial charge in [0.05, 0.1) is 49.7 Å². The molecule has 0 spiro atoms. The lowest BCUT2D eigenvalue weighted by atomic mass is 10.1. The number of benzene rings is 4. The van der Waals surface area contributed by atoms with Gasteiger partial charge in [-0.05, 0) is 68.1 Å². The summed E-state index contributed by atoms with van der Waals surface area (Å²) in [6.45, 7) is 6.34. The van der Waals surface area contributed by atoms with Crippen molar-refractivity contribution in [1.29, 1.82) is 0 Å². The first kappa shape index (κ1) is 33.3. The van der Waals surface area contributed by atoms with Gasteiger partial charge in [-0.15, -0.1) is 20.4 Å². The van der Waals surface area contributed by atoms with Crippen molar-refractivity contribution < 1.29 is 0 Å². The molecule has 8 aromatic rings. The first-order valence-corrected chi connectivity index (χ1v) is 18.9. The molecule has 0 amide bonds. The van der Waals surface area contributed by atoms with Crippen LogP contribution in [-0.2, 0) is 26.2 Å². The van der Waals surface area contributed by atoms with Gasteiger partial charge in [0, 0.05) is 0 Å². The molecule has 0 bridgehead atoms. The smallest absolute Gasteiger partial charge is 0.209 e. The van der Waals surface area contributed by atoms with Crippen LogP contribution in [0.1, 0.15) is 33.4 Å². The third kappa shape index (κ3) is 7.72. The molecule has 14 heteroatoms. The van der Waals surface area contributed by atoms with Crippen LogP contribution in [0.25, 0.3) is 22.8 Å². The third-order valence-corrected chi connectivity index (χ3v) is 10.8. The van der Waals surface area contributed by atoms with Crippen molar-refractivity contribution in [3.05, 3.63) is 155 Å². The van der Waals surface area contributed by atoms with Crippen LogP contribution in [0.3, 0.4) is 0 Å². The van der Waals surface area contributed by atoms with Crippen molar-refractivity contribution in [2.75, 3.05) is 0 Å². The Kier molecular flexibility index (Phi) is 9.71. The summed E-state index contributed by atoms with van der Waals surface area (Å²) < 4.78 is 3.97. The number of hydrogen-bond acceptors (Lipinski definition) is 10. The van der Waals surface area contributed by atoms with Gasteiger partial charge in [0.1, 0.15) is 10.1 Å². The van der Waals surface area contributed by atoms with Gasteiger partial charge in [-0.25, -0.2) is 0 Å². The zero-order valence-corrected chi connectivity index (χ0v) is 30.2. The predicted molar refractivity (Wildman–Crippen MR) is 201 cm³/mol. The highest BCUT2D eigenvalue weighted by molar-refractivity contribution is 8.76. The number of tetrazole rings is 2. The molecule has 0 aliphatic heterocycles. The lowest BCUT2D eigenvalue weighted by Crippen LogP contribution is -2.05. The molecule has 0 unspecified atom stereocenters. The minimum atomic E-state index is 0.508. The molecule has 4 heterocycles. The van der Waals surface area contributed by atoms with Gasteiger partial charge in [-0.3, -0.25) is 9.36 Å². The number of nitrogens with zero attached hydrogens (tertiary/aromatic N) is 12. The van der Waals surface area contributed by atoms with E-state index in [-0.39, 0.29) is 0 Å². The fourth-order valence-electron chi connectivity index (χ4n) is 5.83. The first-order chi connectivity index (χ1) is 25.5. The molecule has 8 rings (SSSR count). The summed E-state index contributed by atoms with van der Waals surface area (Å²) in [5.74, 6) is 1.02. The average molecular weight is 723 g/mol. The van der Waals surface area contributed by atoms with E-state index < -0.39 is 0 Å². The zero-order valence-electron chi connectivity index (χ0n) is 28.6. The van der Waals surface area contributed by atoms with Gasteiger partial charge in [0.25, 0.3) is 0 Å². The van der Waals surface area contributed by atoms with Crippen molar-refractivity contribution in [2.45, 2.75) is 50.1 Å². The standard InChI is InChI=1S/C38H34N12S2/c1-27-11-9-17-31(19-27)25-49-43-35(41-45-49)33-21-39-47(23-29-13-5-3-6-14-29)37(33)51-52-38-34(22-40-48(38)24-30-15-7-4-8-16-30)36-42-46-50(44-36)26-32-18-10-12-28(2)20-32/h3-22H,23-26H2,1-2H3. The van der Waals surface area contributed by atoms with Crippen molar-refractivity contribution in [2.24, 2.45) is 0 Å². The molecular weight excluding hydrogens is 689 g/mol. The van der Waals surface area contributed by atoms with Crippen LogP contribution in [0.2, 0.25) is 0 Å². The van der Waals surface area contributed by atoms with Crippen LogP contribution in [0.4, 0.5) is 0 Å². The summed E-state index contributed by atoms with van der Waals surface area (Å²) in [7, 11) is 3.14. The Morgan fingerprint density at radius 1 is 0.481 bits per heavy atom. The summed E-state index contributed by atoms with van der Waals surface area (Å²) in [6.07, 6.45) is 3.64. The van der Waals surface area contributed by atoms with Crippen molar-refractivity contribution >= 4 is 21.6 Å². The lowest BCUT2D eigenvalue weighted by molar-refractivity contribution is 0.572. The normalized spacial score (nSPS) is 11.3. The van der Waals surface area contributed by atoms with Gasteiger partial charge >= 0.3 is 0 Å². The molecule has 258 valence electrons. The molecule has 0 saturated carbocycles. The maximum Gasteiger partial charge on any atom is 0.209 e. The quantitative estimate of drug-likeness (QED) is 0.115. The van der Waals surface area contributed by atoms with Gasteiger partial charge in [-0.2, -0.15) is 19.8 Å². The van der Waals surface area contributed by atoms with E-state index >= 15 is 0 Å². The number of rotatable bonds is 13. The third-order valence-electron chi connectivity index (χ3n) is 8.33. The topological polar surface area (TPSA) is 123 Å². The molecule has 4 aromatic heterocycles. The second kappa shape index (κ2) is 15.2. The minimum absolute atomic E-state index is 0.508. The highest BCUT2D eigenvalue weighted by Crippen LogP contribution is 2.44. The molecule has 0 atom stereocenters. The second-order valence-corrected chi connectivity index (χ2v) is 14.6. The van der Waals surface area contributed by atoms with Crippen molar-refractivity contribution in [3.8, 4) is 22.8 Å². The van der Waals surface area contributed by atoms with Gasteiger partial charge in [0.15, 0.2) is 0 Å². The highest BCUT2D eigenvalue weighted by atomic mass is 33.1. The van der Waals surface area contributed by atoms with E-state index in [0.29, 0.717) is 37.8 Å². The Hall–Kier alpha value is -5.86. The van der Waals surface area contributed by atoms with Gasteiger partial charge in [0.2, 0.25) is 11.6 Å². The lowest BCUT2D eigenvalue weighted by Gasteiger charge is -2.11. The minimum Gasteiger partial charge on any atom is -0.253 e. The van der Waals surface area contributed by atoms with Crippen LogP contribution in [0.15, 0.2) is 132 Å². The molecule has 0 radical (unpaired) electrons. The fraction of sp³-hybridized carbons (Fsp3) is 0.158. The van der Waals surface area contributed by atoms with Crippen LogP contribution in [0.5, 0.6) is 0 Å². The van der Waals surface area contributed by atoms with Crippen LogP contribution < -0.4 is 0 Å². The largest absolute Gasteiger partial charge is 0.253 e. The predicted octanol–water partition coefficient (Wildman–Crippen LogP) is 7.00. The molecular formula is C38H34N12S2. The molecule has 52 heavy (non-hydrogen) atoms. The monoisotopic (exact) mass is 722 g/mol. The fourth-order valence-corrected chi connectivity index (χ4v) is 8.38. The average Bonchev–Trinajstić information content (AvgIpc) is 3.96. The molecule has 12 nitrogen and oxygen atoms in total. The summed E-state index contributed by atoms with van der Waals surface area (Å²) in [6, 6.07) is 37.2. The Labute approximate surface area is 308 Å². The first-order valence-electron chi connectivity index (χ1n) is 16.8. The summed E-state index contributed by atoms with van der Waals surface area (Å²) in [4.78, 5) is 3.25. The van der Waals surface area contributed by atoms with E-state index in [1.807, 2.05) is 70.3 Å². The summed E-state index contributed by atoms with van der Waals surface area (Å²) in [5.41, 5.74) is 8.43. The van der Waals surface area contributed by atoms with E-state index in [0.717, 1.165) is 43.4 Å². The SMILES string of the molecule is Cc1cccc(Cn2nnc(-c3cnn(Cc4ccccc4)c3SSc3c(-c4nnn(Cc5cccc(C)c5)n4)cnn3Cc3ccccc3)n2)c1. The van der Waals surface area contributed by atoms with Gasteiger partial charge in [-0.1, -0.05) is 120 Å². The maximum atomic E-state index is 4.82. The molecule has 0 N–H and O–H groups in total. The van der Waals surface area contributed by atoms with Crippen LogP contribution in [-0.4, -0.2) is 60.0 Å². The Morgan fingerprint density at radius 2 is 0.904 bits per heavy atom. The number of hydrogen-bond donors (Lipinski definition) is 0. The molecule has 0 aliphatic carbocycles. The maximum absolute atomic E-state index is 4.82. The van der Waals surface area contributed by atoms with Crippen molar-refractivity contribution in [3.63, 3.8) is 0 Å². The van der Waals surface area contributed by atoms with Crippen LogP contribution >= 0.6 is 21.6 Å². The van der Waals surface area contributed by atoms with E-state index in [1.165, 1.54) is 11.1 Å².